The number of anilines is 1. The van der Waals surface area contributed by atoms with Crippen molar-refractivity contribution in [3.05, 3.63) is 83.4 Å². The molecule has 0 aliphatic heterocycles. The van der Waals surface area contributed by atoms with Gasteiger partial charge in [0.05, 0.1) is 6.04 Å². The van der Waals surface area contributed by atoms with Crippen LogP contribution in [0.3, 0.4) is 0 Å². The Morgan fingerprint density at radius 1 is 0.846 bits per heavy atom. The summed E-state index contributed by atoms with van der Waals surface area (Å²) in [7, 11) is 0. The van der Waals surface area contributed by atoms with Crippen molar-refractivity contribution >= 4 is 5.69 Å². The maximum Gasteiger partial charge on any atom is 0.190 e. The second kappa shape index (κ2) is 7.07. The molecule has 0 heterocycles. The van der Waals surface area contributed by atoms with Crippen LogP contribution in [-0.2, 0) is 0 Å². The van der Waals surface area contributed by atoms with Crippen molar-refractivity contribution in [1.82, 2.24) is 0 Å². The van der Waals surface area contributed by atoms with Crippen molar-refractivity contribution in [2.24, 2.45) is 0 Å². The molecule has 2 nitrogen and oxygen atoms in total. The van der Waals surface area contributed by atoms with E-state index in [0.717, 1.165) is 12.1 Å². The molecule has 2 N–H and O–H groups in total. The number of phenols is 1. The van der Waals surface area contributed by atoms with E-state index in [9.17, 15) is 22.7 Å². The van der Waals surface area contributed by atoms with E-state index in [4.69, 9.17) is 0 Å². The van der Waals surface area contributed by atoms with Crippen LogP contribution in [-0.4, -0.2) is 5.11 Å². The first-order valence-electron chi connectivity index (χ1n) is 7.85. The average Bonchev–Trinajstić information content (AvgIpc) is 2.62. The number of phenolic OH excluding ortho intramolecular Hbond substituents is 1. The van der Waals surface area contributed by atoms with Crippen molar-refractivity contribution in [3.63, 3.8) is 0 Å². The first kappa shape index (κ1) is 17.8. The van der Waals surface area contributed by atoms with Crippen LogP contribution < -0.4 is 5.32 Å². The maximum atomic E-state index is 14.2. The van der Waals surface area contributed by atoms with E-state index in [1.807, 2.05) is 0 Å². The maximum absolute atomic E-state index is 14.2. The normalized spacial score (nSPS) is 12.0. The van der Waals surface area contributed by atoms with Crippen LogP contribution in [0.25, 0.3) is 11.1 Å². The van der Waals surface area contributed by atoms with Gasteiger partial charge in [0.25, 0.3) is 0 Å². The average molecular weight is 361 g/mol. The minimum atomic E-state index is -1.15. The zero-order chi connectivity index (χ0) is 18.8. The third kappa shape index (κ3) is 3.49. The smallest absolute Gasteiger partial charge is 0.190 e. The Hall–Kier alpha value is -3.02. The Kier molecular flexibility index (Phi) is 4.84. The third-order valence-corrected chi connectivity index (χ3v) is 4.05. The standard InChI is InChI=1S/C20H15F4NO/c1-11(25-20-17(23)7-8-18(26)19(20)24)15-10-13(5-6-16(15)22)12-3-2-4-14(21)9-12/h2-11,25-26H,1H3. The van der Waals surface area contributed by atoms with Gasteiger partial charge in [0.1, 0.15) is 23.1 Å². The SMILES string of the molecule is CC(Nc1c(F)ccc(O)c1F)c1cc(-c2cccc(F)c2)ccc1F. The molecule has 0 aromatic heterocycles. The van der Waals surface area contributed by atoms with Crippen molar-refractivity contribution in [2.75, 3.05) is 5.32 Å². The number of rotatable bonds is 4. The number of nitrogens with one attached hydrogen (secondary N) is 1. The topological polar surface area (TPSA) is 32.3 Å². The van der Waals surface area contributed by atoms with E-state index in [-0.39, 0.29) is 5.56 Å². The molecule has 3 aromatic carbocycles. The highest BCUT2D eigenvalue weighted by molar-refractivity contribution is 5.65. The quantitative estimate of drug-likeness (QED) is 0.577. The van der Waals surface area contributed by atoms with Crippen LogP contribution in [0.1, 0.15) is 18.5 Å². The zero-order valence-electron chi connectivity index (χ0n) is 13.7. The molecule has 0 saturated heterocycles. The highest BCUT2D eigenvalue weighted by Crippen LogP contribution is 2.32. The van der Waals surface area contributed by atoms with Gasteiger partial charge in [-0.3, -0.25) is 0 Å². The minimum Gasteiger partial charge on any atom is -0.505 e. The van der Waals surface area contributed by atoms with Crippen molar-refractivity contribution in [3.8, 4) is 16.9 Å². The van der Waals surface area contributed by atoms with Crippen molar-refractivity contribution in [1.29, 1.82) is 0 Å². The molecule has 3 aromatic rings. The van der Waals surface area contributed by atoms with E-state index in [1.54, 1.807) is 6.07 Å². The number of halogens is 4. The first-order valence-corrected chi connectivity index (χ1v) is 7.85. The number of aromatic hydroxyl groups is 1. The lowest BCUT2D eigenvalue weighted by Gasteiger charge is -2.19. The van der Waals surface area contributed by atoms with Crippen molar-refractivity contribution < 1.29 is 22.7 Å². The Morgan fingerprint density at radius 2 is 1.54 bits per heavy atom. The Labute approximate surface area is 147 Å². The van der Waals surface area contributed by atoms with Gasteiger partial charge in [-0.15, -0.1) is 0 Å². The lowest BCUT2D eigenvalue weighted by molar-refractivity contribution is 0.429. The van der Waals surface area contributed by atoms with Gasteiger partial charge in [0.2, 0.25) is 0 Å². The highest BCUT2D eigenvalue weighted by Gasteiger charge is 2.18. The lowest BCUT2D eigenvalue weighted by atomic mass is 9.99. The van der Waals surface area contributed by atoms with E-state index >= 15 is 0 Å². The summed E-state index contributed by atoms with van der Waals surface area (Å²) in [6.07, 6.45) is 0. The third-order valence-electron chi connectivity index (χ3n) is 4.05. The summed E-state index contributed by atoms with van der Waals surface area (Å²) < 4.78 is 55.4. The van der Waals surface area contributed by atoms with Gasteiger partial charge in [-0.05, 0) is 54.4 Å². The minimum absolute atomic E-state index is 0.147. The van der Waals surface area contributed by atoms with Gasteiger partial charge in [0.15, 0.2) is 11.6 Å². The molecular weight excluding hydrogens is 346 g/mol. The molecule has 0 radical (unpaired) electrons. The second-order valence-corrected chi connectivity index (χ2v) is 5.87. The lowest BCUT2D eigenvalue weighted by Crippen LogP contribution is -2.11. The molecule has 0 spiro atoms. The molecular formula is C20H15F4NO. The first-order chi connectivity index (χ1) is 12.4. The summed E-state index contributed by atoms with van der Waals surface area (Å²) in [4.78, 5) is 0. The van der Waals surface area contributed by atoms with E-state index in [0.29, 0.717) is 11.1 Å². The summed E-state index contributed by atoms with van der Waals surface area (Å²) in [6.45, 7) is 1.52. The van der Waals surface area contributed by atoms with Crippen LogP contribution in [0.5, 0.6) is 5.75 Å². The molecule has 6 heteroatoms. The fourth-order valence-corrected chi connectivity index (χ4v) is 2.69. The molecule has 1 atom stereocenters. The molecule has 1 unspecified atom stereocenters. The predicted octanol–water partition coefficient (Wildman–Crippen LogP) is 5.79. The van der Waals surface area contributed by atoms with Crippen LogP contribution in [0.4, 0.5) is 23.2 Å². The number of hydrogen-bond donors (Lipinski definition) is 2. The van der Waals surface area contributed by atoms with Gasteiger partial charge in [-0.1, -0.05) is 18.2 Å². The summed E-state index contributed by atoms with van der Waals surface area (Å²) >= 11 is 0. The Balaban J connectivity index is 1.96. The Bertz CT molecular complexity index is 959. The fourth-order valence-electron chi connectivity index (χ4n) is 2.69. The molecule has 0 aliphatic rings. The Morgan fingerprint density at radius 3 is 2.27 bits per heavy atom. The van der Waals surface area contributed by atoms with E-state index in [1.165, 1.54) is 43.3 Å². The van der Waals surface area contributed by atoms with E-state index < -0.39 is 40.7 Å². The fraction of sp³-hybridized carbons (Fsp3) is 0.100. The molecule has 0 aliphatic carbocycles. The summed E-state index contributed by atoms with van der Waals surface area (Å²) in [5.74, 6) is -3.78. The molecule has 3 rings (SSSR count). The summed E-state index contributed by atoms with van der Waals surface area (Å²) in [5.41, 5.74) is 0.710. The molecule has 0 fully saturated rings. The second-order valence-electron chi connectivity index (χ2n) is 5.87. The summed E-state index contributed by atoms with van der Waals surface area (Å²) in [6, 6.07) is 11.0. The predicted molar refractivity (Wildman–Crippen MR) is 91.9 cm³/mol. The van der Waals surface area contributed by atoms with Crippen LogP contribution in [0.2, 0.25) is 0 Å². The highest BCUT2D eigenvalue weighted by atomic mass is 19.1. The molecule has 134 valence electrons. The van der Waals surface area contributed by atoms with E-state index in [2.05, 4.69) is 5.32 Å². The van der Waals surface area contributed by atoms with Crippen LogP contribution in [0.15, 0.2) is 54.6 Å². The van der Waals surface area contributed by atoms with Gasteiger partial charge < -0.3 is 10.4 Å². The number of benzene rings is 3. The van der Waals surface area contributed by atoms with Gasteiger partial charge in [-0.2, -0.15) is 0 Å². The number of hydrogen-bond acceptors (Lipinski definition) is 2. The van der Waals surface area contributed by atoms with Crippen molar-refractivity contribution in [2.45, 2.75) is 13.0 Å². The van der Waals surface area contributed by atoms with Gasteiger partial charge in [-0.25, -0.2) is 17.6 Å². The van der Waals surface area contributed by atoms with Gasteiger partial charge >= 0.3 is 0 Å². The molecule has 26 heavy (non-hydrogen) atoms. The molecule has 0 saturated carbocycles. The zero-order valence-corrected chi connectivity index (χ0v) is 13.7. The van der Waals surface area contributed by atoms with Gasteiger partial charge in [0, 0.05) is 5.56 Å². The summed E-state index contributed by atoms with van der Waals surface area (Å²) in [5, 5.41) is 11.9. The largest absolute Gasteiger partial charge is 0.505 e. The molecule has 0 amide bonds. The molecule has 0 bridgehead atoms. The monoisotopic (exact) mass is 361 g/mol. The van der Waals surface area contributed by atoms with Crippen LogP contribution >= 0.6 is 0 Å². The van der Waals surface area contributed by atoms with Crippen LogP contribution in [0, 0.1) is 23.3 Å².